The van der Waals surface area contributed by atoms with Gasteiger partial charge in [0.2, 0.25) is 0 Å². The lowest BCUT2D eigenvalue weighted by Crippen LogP contribution is -2.36. The van der Waals surface area contributed by atoms with Crippen LogP contribution in [0.4, 0.5) is 8.78 Å². The molecular formula is C13H17F2N. The maximum atomic E-state index is 13.4. The van der Waals surface area contributed by atoms with Crippen molar-refractivity contribution < 1.29 is 8.78 Å². The van der Waals surface area contributed by atoms with Crippen LogP contribution in [0.5, 0.6) is 0 Å². The highest BCUT2D eigenvalue weighted by molar-refractivity contribution is 5.19. The van der Waals surface area contributed by atoms with Gasteiger partial charge in [0.05, 0.1) is 0 Å². The minimum Gasteiger partial charge on any atom is -0.314 e. The first-order valence-corrected chi connectivity index (χ1v) is 5.82. The van der Waals surface area contributed by atoms with Crippen LogP contribution >= 0.6 is 0 Å². The summed E-state index contributed by atoms with van der Waals surface area (Å²) in [6.07, 6.45) is 2.86. The van der Waals surface area contributed by atoms with E-state index in [0.29, 0.717) is 17.5 Å². The fourth-order valence-corrected chi connectivity index (χ4v) is 2.42. The monoisotopic (exact) mass is 225 g/mol. The lowest BCUT2D eigenvalue weighted by Gasteiger charge is -2.28. The van der Waals surface area contributed by atoms with E-state index in [0.717, 1.165) is 31.9 Å². The van der Waals surface area contributed by atoms with Gasteiger partial charge in [0, 0.05) is 12.1 Å². The van der Waals surface area contributed by atoms with Crippen molar-refractivity contribution in [2.45, 2.75) is 32.2 Å². The first kappa shape index (κ1) is 11.5. The summed E-state index contributed by atoms with van der Waals surface area (Å²) in [5, 5.41) is 3.37. The molecule has 1 aromatic rings. The summed E-state index contributed by atoms with van der Waals surface area (Å²) in [6, 6.07) is 4.38. The number of rotatable bonds is 2. The second-order valence-corrected chi connectivity index (χ2v) is 4.69. The van der Waals surface area contributed by atoms with Gasteiger partial charge in [0.15, 0.2) is 0 Å². The zero-order valence-corrected chi connectivity index (χ0v) is 9.47. The molecule has 1 aliphatic rings. The molecule has 0 aromatic heterocycles. The van der Waals surface area contributed by atoms with Gasteiger partial charge in [-0.05, 0) is 50.3 Å². The molecule has 0 spiro atoms. The van der Waals surface area contributed by atoms with E-state index >= 15 is 0 Å². The molecule has 2 unspecified atom stereocenters. The SMILES string of the molecule is CC1CC(Cc2ccc(F)cc2F)CCN1. The normalized spacial score (nSPS) is 25.7. The number of halogens is 2. The molecular weight excluding hydrogens is 208 g/mol. The number of piperidine rings is 1. The highest BCUT2D eigenvalue weighted by Crippen LogP contribution is 2.22. The summed E-state index contributed by atoms with van der Waals surface area (Å²) in [5.41, 5.74) is 0.639. The Kier molecular flexibility index (Phi) is 3.54. The van der Waals surface area contributed by atoms with Crippen LogP contribution in [0.3, 0.4) is 0 Å². The fraction of sp³-hybridized carbons (Fsp3) is 0.538. The van der Waals surface area contributed by atoms with Crippen molar-refractivity contribution in [1.82, 2.24) is 5.32 Å². The molecule has 1 aromatic carbocycles. The second kappa shape index (κ2) is 4.91. The van der Waals surface area contributed by atoms with Crippen LogP contribution in [0.1, 0.15) is 25.3 Å². The predicted octanol–water partition coefficient (Wildman–Crippen LogP) is 2.90. The van der Waals surface area contributed by atoms with Gasteiger partial charge in [0.1, 0.15) is 11.6 Å². The quantitative estimate of drug-likeness (QED) is 0.816. The third-order valence-electron chi connectivity index (χ3n) is 3.26. The molecule has 1 fully saturated rings. The Morgan fingerprint density at radius 2 is 2.19 bits per heavy atom. The number of hydrogen-bond acceptors (Lipinski definition) is 1. The van der Waals surface area contributed by atoms with Gasteiger partial charge < -0.3 is 5.32 Å². The van der Waals surface area contributed by atoms with Crippen molar-refractivity contribution in [2.24, 2.45) is 5.92 Å². The standard InChI is InChI=1S/C13H17F2N/c1-9-6-10(4-5-16-9)7-11-2-3-12(14)8-13(11)15/h2-3,8-10,16H,4-7H2,1H3. The van der Waals surface area contributed by atoms with Crippen molar-refractivity contribution in [1.29, 1.82) is 0 Å². The zero-order chi connectivity index (χ0) is 11.5. The van der Waals surface area contributed by atoms with E-state index < -0.39 is 11.6 Å². The third kappa shape index (κ3) is 2.79. The van der Waals surface area contributed by atoms with Crippen molar-refractivity contribution in [2.75, 3.05) is 6.54 Å². The Bertz CT molecular complexity index is 365. The maximum absolute atomic E-state index is 13.4. The molecule has 0 amide bonds. The molecule has 2 atom stereocenters. The first-order valence-electron chi connectivity index (χ1n) is 5.82. The van der Waals surface area contributed by atoms with Gasteiger partial charge in [-0.15, -0.1) is 0 Å². The van der Waals surface area contributed by atoms with Crippen molar-refractivity contribution >= 4 is 0 Å². The van der Waals surface area contributed by atoms with Crippen LogP contribution in [0.25, 0.3) is 0 Å². The highest BCUT2D eigenvalue weighted by atomic mass is 19.1. The molecule has 2 rings (SSSR count). The van der Waals surface area contributed by atoms with E-state index in [2.05, 4.69) is 12.2 Å². The Balaban J connectivity index is 2.02. The topological polar surface area (TPSA) is 12.0 Å². The van der Waals surface area contributed by atoms with Crippen LogP contribution < -0.4 is 5.32 Å². The Labute approximate surface area is 94.9 Å². The molecule has 3 heteroatoms. The Hall–Kier alpha value is -0.960. The molecule has 0 radical (unpaired) electrons. The van der Waals surface area contributed by atoms with E-state index in [4.69, 9.17) is 0 Å². The van der Waals surface area contributed by atoms with Crippen LogP contribution in [-0.4, -0.2) is 12.6 Å². The van der Waals surface area contributed by atoms with E-state index in [1.165, 1.54) is 6.07 Å². The van der Waals surface area contributed by atoms with Gasteiger partial charge in [-0.1, -0.05) is 6.07 Å². The fourth-order valence-electron chi connectivity index (χ4n) is 2.42. The largest absolute Gasteiger partial charge is 0.314 e. The summed E-state index contributed by atoms with van der Waals surface area (Å²) in [7, 11) is 0. The van der Waals surface area contributed by atoms with E-state index in [9.17, 15) is 8.78 Å². The summed E-state index contributed by atoms with van der Waals surface area (Å²) in [5.74, 6) is -0.401. The maximum Gasteiger partial charge on any atom is 0.129 e. The number of nitrogens with one attached hydrogen (secondary N) is 1. The molecule has 1 heterocycles. The minimum absolute atomic E-state index is 0.411. The smallest absolute Gasteiger partial charge is 0.129 e. The first-order chi connectivity index (χ1) is 7.65. The molecule has 88 valence electrons. The molecule has 1 saturated heterocycles. The van der Waals surface area contributed by atoms with Gasteiger partial charge in [-0.3, -0.25) is 0 Å². The van der Waals surface area contributed by atoms with Crippen LogP contribution in [0, 0.1) is 17.6 Å². The lowest BCUT2D eigenvalue weighted by molar-refractivity contribution is 0.311. The summed E-state index contributed by atoms with van der Waals surface area (Å²) in [6.45, 7) is 3.14. The van der Waals surface area contributed by atoms with E-state index in [-0.39, 0.29) is 0 Å². The van der Waals surface area contributed by atoms with Crippen molar-refractivity contribution in [3.8, 4) is 0 Å². The zero-order valence-electron chi connectivity index (χ0n) is 9.47. The van der Waals surface area contributed by atoms with Gasteiger partial charge in [0.25, 0.3) is 0 Å². The predicted molar refractivity (Wildman–Crippen MR) is 60.3 cm³/mol. The van der Waals surface area contributed by atoms with Gasteiger partial charge in [-0.25, -0.2) is 8.78 Å². The van der Waals surface area contributed by atoms with Crippen molar-refractivity contribution in [3.63, 3.8) is 0 Å². The van der Waals surface area contributed by atoms with Crippen LogP contribution in [-0.2, 0) is 6.42 Å². The second-order valence-electron chi connectivity index (χ2n) is 4.69. The molecule has 1 N–H and O–H groups in total. The van der Waals surface area contributed by atoms with Gasteiger partial charge >= 0.3 is 0 Å². The average Bonchev–Trinajstić information content (AvgIpc) is 2.22. The lowest BCUT2D eigenvalue weighted by atomic mass is 9.87. The average molecular weight is 225 g/mol. The molecule has 0 bridgehead atoms. The number of benzene rings is 1. The summed E-state index contributed by atoms with van der Waals surface area (Å²) < 4.78 is 26.2. The van der Waals surface area contributed by atoms with E-state index in [1.807, 2.05) is 0 Å². The highest BCUT2D eigenvalue weighted by Gasteiger charge is 2.19. The molecule has 0 saturated carbocycles. The van der Waals surface area contributed by atoms with Crippen molar-refractivity contribution in [3.05, 3.63) is 35.4 Å². The molecule has 1 nitrogen and oxygen atoms in total. The van der Waals surface area contributed by atoms with E-state index in [1.54, 1.807) is 6.07 Å². The molecule has 1 aliphatic heterocycles. The van der Waals surface area contributed by atoms with Crippen LogP contribution in [0.15, 0.2) is 18.2 Å². The molecule has 0 aliphatic carbocycles. The number of hydrogen-bond donors (Lipinski definition) is 1. The third-order valence-corrected chi connectivity index (χ3v) is 3.26. The Morgan fingerprint density at radius 1 is 1.38 bits per heavy atom. The Morgan fingerprint density at radius 3 is 2.88 bits per heavy atom. The molecule has 16 heavy (non-hydrogen) atoms. The summed E-state index contributed by atoms with van der Waals surface area (Å²) in [4.78, 5) is 0. The minimum atomic E-state index is -0.500. The van der Waals surface area contributed by atoms with Crippen LogP contribution in [0.2, 0.25) is 0 Å². The summed E-state index contributed by atoms with van der Waals surface area (Å²) >= 11 is 0. The van der Waals surface area contributed by atoms with Gasteiger partial charge in [-0.2, -0.15) is 0 Å².